The summed E-state index contributed by atoms with van der Waals surface area (Å²) in [4.78, 5) is 0. The highest BCUT2D eigenvalue weighted by molar-refractivity contribution is 8.01. The van der Waals surface area contributed by atoms with Crippen LogP contribution in [-0.4, -0.2) is 21.8 Å². The summed E-state index contributed by atoms with van der Waals surface area (Å²) in [6.07, 6.45) is 8.26. The van der Waals surface area contributed by atoms with E-state index in [-0.39, 0.29) is 5.25 Å². The summed E-state index contributed by atoms with van der Waals surface area (Å²) in [6, 6.07) is 0.520. The lowest BCUT2D eigenvalue weighted by molar-refractivity contribution is 0.416. The summed E-state index contributed by atoms with van der Waals surface area (Å²) in [5, 5.41) is 0.273. The lowest BCUT2D eigenvalue weighted by Gasteiger charge is -2.32. The van der Waals surface area contributed by atoms with E-state index in [4.69, 9.17) is 0 Å². The molecule has 1 saturated carbocycles. The molecule has 0 bridgehead atoms. The molecule has 3 heteroatoms. The number of hydrogen-bond donors (Lipinski definition) is 2. The van der Waals surface area contributed by atoms with Crippen LogP contribution < -0.4 is 4.72 Å². The molecule has 1 aliphatic rings. The second kappa shape index (κ2) is 4.56. The second-order valence-corrected chi connectivity index (χ2v) is 7.82. The first-order valence-electron chi connectivity index (χ1n) is 5.37. The molecule has 1 rings (SSSR count). The van der Waals surface area contributed by atoms with Gasteiger partial charge in [0, 0.05) is 17.5 Å². The van der Waals surface area contributed by atoms with E-state index >= 15 is 0 Å². The van der Waals surface area contributed by atoms with E-state index in [1.54, 1.807) is 0 Å². The van der Waals surface area contributed by atoms with Crippen molar-refractivity contribution in [2.75, 3.05) is 6.26 Å². The van der Waals surface area contributed by atoms with Gasteiger partial charge in [-0.1, -0.05) is 43.2 Å². The van der Waals surface area contributed by atoms with Crippen molar-refractivity contribution in [3.05, 3.63) is 0 Å². The molecule has 0 spiro atoms. The van der Waals surface area contributed by atoms with Gasteiger partial charge < -0.3 is 0 Å². The van der Waals surface area contributed by atoms with Gasteiger partial charge in [-0.15, -0.1) is 0 Å². The van der Waals surface area contributed by atoms with Crippen LogP contribution in [0.1, 0.15) is 46.0 Å². The second-order valence-electron chi connectivity index (χ2n) is 4.55. The molecule has 2 nitrogen and oxygen atoms in total. The highest BCUT2D eigenvalue weighted by Gasteiger charge is 2.20. The van der Waals surface area contributed by atoms with Crippen molar-refractivity contribution < 1.29 is 4.21 Å². The van der Waals surface area contributed by atoms with Crippen molar-refractivity contribution in [2.24, 2.45) is 0 Å². The molecular formula is C10H23NOS. The normalized spacial score (nSPS) is 22.2. The highest BCUT2D eigenvalue weighted by atomic mass is 32.3. The molecular weight excluding hydrogens is 182 g/mol. The van der Waals surface area contributed by atoms with E-state index in [2.05, 4.69) is 4.72 Å². The van der Waals surface area contributed by atoms with Crippen LogP contribution >= 0.6 is 0 Å². The predicted molar refractivity (Wildman–Crippen MR) is 60.6 cm³/mol. The summed E-state index contributed by atoms with van der Waals surface area (Å²) in [5.74, 6) is 0. The van der Waals surface area contributed by atoms with Crippen molar-refractivity contribution in [3.63, 3.8) is 0 Å². The maximum Gasteiger partial charge on any atom is 0.0182 e. The van der Waals surface area contributed by atoms with Gasteiger partial charge in [0.2, 0.25) is 0 Å². The van der Waals surface area contributed by atoms with Crippen molar-refractivity contribution in [2.45, 2.75) is 57.2 Å². The molecule has 0 aliphatic heterocycles. The standard InChI is InChI=1S/C10H23NOS/c1-9(2)13(3,12)11-10-7-5-4-6-8-10/h9-10,13H,4-8H2,1-3H3,(H,11,12). The third-order valence-corrected chi connectivity index (χ3v) is 5.88. The van der Waals surface area contributed by atoms with Crippen LogP contribution in [-0.2, 0) is 10.1 Å². The monoisotopic (exact) mass is 205 g/mol. The number of nitrogens with one attached hydrogen (secondary N) is 1. The lowest BCUT2D eigenvalue weighted by atomic mass is 9.96. The number of thiol groups is 1. The Hall–Kier alpha value is 0.110. The van der Waals surface area contributed by atoms with E-state index in [0.29, 0.717) is 6.04 Å². The minimum Gasteiger partial charge on any atom is -0.271 e. The van der Waals surface area contributed by atoms with Crippen LogP contribution in [0.4, 0.5) is 0 Å². The molecule has 0 aromatic heterocycles. The molecule has 1 N–H and O–H groups in total. The smallest absolute Gasteiger partial charge is 0.0182 e. The maximum absolute atomic E-state index is 12.1. The Labute approximate surface area is 83.0 Å². The van der Waals surface area contributed by atoms with E-state index in [0.717, 1.165) is 0 Å². The minimum absolute atomic E-state index is 0.273. The molecule has 0 saturated heterocycles. The van der Waals surface area contributed by atoms with Crippen LogP contribution in [0.15, 0.2) is 0 Å². The van der Waals surface area contributed by atoms with Gasteiger partial charge in [0.05, 0.1) is 0 Å². The van der Waals surface area contributed by atoms with Gasteiger partial charge in [0.25, 0.3) is 0 Å². The van der Waals surface area contributed by atoms with Gasteiger partial charge in [-0.3, -0.25) is 8.93 Å². The third-order valence-electron chi connectivity index (χ3n) is 3.03. The van der Waals surface area contributed by atoms with Crippen molar-refractivity contribution in [1.29, 1.82) is 0 Å². The Balaban J connectivity index is 2.42. The Morgan fingerprint density at radius 1 is 1.23 bits per heavy atom. The molecule has 1 fully saturated rings. The van der Waals surface area contributed by atoms with Gasteiger partial charge >= 0.3 is 0 Å². The SMILES string of the molecule is CC(C)[SH](C)(=O)NC1CCCCC1. The van der Waals surface area contributed by atoms with Crippen LogP contribution in [0, 0.1) is 0 Å². The van der Waals surface area contributed by atoms with Crippen molar-refractivity contribution >= 4 is 10.1 Å². The van der Waals surface area contributed by atoms with Gasteiger partial charge in [-0.2, -0.15) is 0 Å². The zero-order valence-electron chi connectivity index (χ0n) is 9.05. The molecule has 0 atom stereocenters. The van der Waals surface area contributed by atoms with E-state index < -0.39 is 10.1 Å². The predicted octanol–water partition coefficient (Wildman–Crippen LogP) is 1.88. The summed E-state index contributed by atoms with van der Waals surface area (Å²) >= 11 is 0. The largest absolute Gasteiger partial charge is 0.271 e. The molecule has 0 amide bonds. The molecule has 0 unspecified atom stereocenters. The van der Waals surface area contributed by atoms with E-state index in [1.165, 1.54) is 32.1 Å². The first-order valence-corrected chi connectivity index (χ1v) is 7.59. The minimum atomic E-state index is -2.08. The van der Waals surface area contributed by atoms with Gasteiger partial charge in [-0.05, 0) is 12.8 Å². The summed E-state index contributed by atoms with van der Waals surface area (Å²) in [6.45, 7) is 4.08. The zero-order valence-corrected chi connectivity index (χ0v) is 9.94. The Morgan fingerprint density at radius 3 is 2.23 bits per heavy atom. The number of rotatable bonds is 3. The van der Waals surface area contributed by atoms with Crippen LogP contribution in [0.25, 0.3) is 0 Å². The van der Waals surface area contributed by atoms with E-state index in [1.807, 2.05) is 20.1 Å². The van der Waals surface area contributed by atoms with Crippen LogP contribution in [0.3, 0.4) is 0 Å². The van der Waals surface area contributed by atoms with Crippen LogP contribution in [0.5, 0.6) is 0 Å². The average molecular weight is 205 g/mol. The fourth-order valence-corrected chi connectivity index (χ4v) is 3.02. The first-order chi connectivity index (χ1) is 6.02. The zero-order chi connectivity index (χ0) is 9.90. The molecule has 1 aliphatic carbocycles. The molecule has 80 valence electrons. The number of hydrogen-bond acceptors (Lipinski definition) is 1. The highest BCUT2D eigenvalue weighted by Crippen LogP contribution is 2.19. The molecule has 13 heavy (non-hydrogen) atoms. The molecule has 0 aromatic rings. The molecule has 0 radical (unpaired) electrons. The maximum atomic E-state index is 12.1. The Morgan fingerprint density at radius 2 is 1.77 bits per heavy atom. The Kier molecular flexibility index (Phi) is 3.92. The quantitative estimate of drug-likeness (QED) is 0.677. The first kappa shape index (κ1) is 11.2. The van der Waals surface area contributed by atoms with Crippen molar-refractivity contribution in [1.82, 2.24) is 4.72 Å². The summed E-state index contributed by atoms with van der Waals surface area (Å²) in [7, 11) is -2.08. The lowest BCUT2D eigenvalue weighted by Crippen LogP contribution is -2.44. The fraction of sp³-hybridized carbons (Fsp3) is 1.00. The summed E-state index contributed by atoms with van der Waals surface area (Å²) in [5.41, 5.74) is 0. The van der Waals surface area contributed by atoms with Gasteiger partial charge in [0.15, 0.2) is 0 Å². The van der Waals surface area contributed by atoms with Crippen LogP contribution in [0.2, 0.25) is 0 Å². The van der Waals surface area contributed by atoms with Gasteiger partial charge in [-0.25, -0.2) is 0 Å². The van der Waals surface area contributed by atoms with Gasteiger partial charge in [0.1, 0.15) is 0 Å². The van der Waals surface area contributed by atoms with E-state index in [9.17, 15) is 4.21 Å². The Bertz CT molecular complexity index is 197. The summed E-state index contributed by atoms with van der Waals surface area (Å²) < 4.78 is 15.4. The molecule has 0 aromatic carbocycles. The third kappa shape index (κ3) is 3.39. The molecule has 0 heterocycles. The average Bonchev–Trinajstić information content (AvgIpc) is 2.05. The fourth-order valence-electron chi connectivity index (χ4n) is 1.74. The topological polar surface area (TPSA) is 29.1 Å². The van der Waals surface area contributed by atoms with Crippen molar-refractivity contribution in [3.8, 4) is 0 Å².